The van der Waals surface area contributed by atoms with Crippen molar-refractivity contribution in [2.45, 2.75) is 4.30 Å². The van der Waals surface area contributed by atoms with Gasteiger partial charge in [0.05, 0.1) is 0 Å². The van der Waals surface area contributed by atoms with Crippen LogP contribution in [0.15, 0.2) is 0 Å². The molecular formula is C4H11BrCl3N. The fourth-order valence-electron chi connectivity index (χ4n) is 0. The Bertz CT molecular complexity index is 31.3. The number of nitrogens with zero attached hydrogens (tertiary/aromatic N) is 1. The molecule has 0 aromatic rings. The molecule has 5 heteroatoms. The van der Waals surface area contributed by atoms with E-state index in [0.29, 0.717) is 0 Å². The molecule has 0 N–H and O–H groups in total. The second kappa shape index (κ2) is 12.0. The van der Waals surface area contributed by atoms with Crippen molar-refractivity contribution in [1.82, 2.24) is 4.90 Å². The normalized spacial score (nSPS) is 8.00. The first kappa shape index (κ1) is 16.7. The van der Waals surface area contributed by atoms with Crippen LogP contribution in [-0.4, -0.2) is 30.3 Å². The van der Waals surface area contributed by atoms with Gasteiger partial charge in [0.25, 0.3) is 0 Å². The third kappa shape index (κ3) is 290. The molecule has 0 aliphatic heterocycles. The largest absolute Gasteiger partial charge is 0.312 e. The molecule has 0 unspecified atom stereocenters. The van der Waals surface area contributed by atoms with Gasteiger partial charge >= 0.3 is 0 Å². The maximum Gasteiger partial charge on any atom is 0.180 e. The summed E-state index contributed by atoms with van der Waals surface area (Å²) in [5, 5.41) is 0. The number of rotatable bonds is 0. The molecule has 1 nitrogen and oxygen atoms in total. The zero-order valence-corrected chi connectivity index (χ0v) is 9.55. The van der Waals surface area contributed by atoms with Crippen molar-refractivity contribution in [3.05, 3.63) is 0 Å². The Balaban J connectivity index is -0.0000000720. The third-order valence-corrected chi connectivity index (χ3v) is 0. The first-order chi connectivity index (χ1) is 3.46. The van der Waals surface area contributed by atoms with Crippen molar-refractivity contribution in [2.75, 3.05) is 21.1 Å². The van der Waals surface area contributed by atoms with Crippen LogP contribution in [0.5, 0.6) is 0 Å². The lowest BCUT2D eigenvalue weighted by molar-refractivity contribution is 0.505. The van der Waals surface area contributed by atoms with Gasteiger partial charge in [0.1, 0.15) is 0 Å². The highest BCUT2D eigenvalue weighted by Gasteiger charge is 1.78. The van der Waals surface area contributed by atoms with E-state index in [1.54, 1.807) is 0 Å². The minimum absolute atomic E-state index is 0. The molecule has 0 spiro atoms. The second-order valence-electron chi connectivity index (χ2n) is 1.59. The first-order valence-corrected chi connectivity index (χ1v) is 3.31. The quantitative estimate of drug-likeness (QED) is 0.605. The van der Waals surface area contributed by atoms with E-state index in [4.69, 9.17) is 34.8 Å². The average Bonchev–Trinajstić information content (AvgIpc) is 1.25. The van der Waals surface area contributed by atoms with Crippen molar-refractivity contribution in [2.24, 2.45) is 0 Å². The second-order valence-corrected chi connectivity index (χ2v) is 3.57. The zero-order chi connectivity index (χ0) is 7.15. The molecule has 0 aromatic heterocycles. The molecule has 0 bridgehead atoms. The van der Waals surface area contributed by atoms with Crippen LogP contribution in [0.25, 0.3) is 0 Å². The van der Waals surface area contributed by atoms with Gasteiger partial charge in [-0.25, -0.2) is 0 Å². The number of hydrogen-bond donors (Lipinski definition) is 0. The van der Waals surface area contributed by atoms with E-state index in [1.807, 2.05) is 26.0 Å². The molecule has 0 aromatic carbocycles. The molecular weight excluding hydrogens is 248 g/mol. The summed E-state index contributed by atoms with van der Waals surface area (Å²) < 4.78 is -0.750. The van der Waals surface area contributed by atoms with E-state index in [-0.39, 0.29) is 17.0 Å². The van der Waals surface area contributed by atoms with E-state index >= 15 is 0 Å². The molecule has 60 valence electrons. The Morgan fingerprint density at radius 1 is 1.00 bits per heavy atom. The van der Waals surface area contributed by atoms with Crippen molar-refractivity contribution in [3.63, 3.8) is 0 Å². The van der Waals surface area contributed by atoms with E-state index in [9.17, 15) is 0 Å². The highest BCUT2D eigenvalue weighted by atomic mass is 79.9. The molecule has 0 amide bonds. The highest BCUT2D eigenvalue weighted by Crippen LogP contribution is 2.03. The highest BCUT2D eigenvalue weighted by molar-refractivity contribution is 8.93. The molecule has 0 aliphatic carbocycles. The van der Waals surface area contributed by atoms with Gasteiger partial charge in [-0.2, -0.15) is 0 Å². The molecule has 0 rings (SSSR count). The summed E-state index contributed by atoms with van der Waals surface area (Å²) in [6, 6.07) is 0. The Morgan fingerprint density at radius 2 is 1.00 bits per heavy atom. The van der Waals surface area contributed by atoms with Crippen LogP contribution < -0.4 is 0 Å². The lowest BCUT2D eigenvalue weighted by Crippen LogP contribution is -1.99. The third-order valence-electron chi connectivity index (χ3n) is 0. The number of alkyl halides is 3. The van der Waals surface area contributed by atoms with Crippen LogP contribution in [0.4, 0.5) is 0 Å². The van der Waals surface area contributed by atoms with Gasteiger partial charge in [-0.3, -0.25) is 0 Å². The Kier molecular flexibility index (Phi) is 22.4. The monoisotopic (exact) mass is 257 g/mol. The summed E-state index contributed by atoms with van der Waals surface area (Å²) in [7, 11) is 6.00. The van der Waals surface area contributed by atoms with Crippen molar-refractivity contribution in [3.8, 4) is 0 Å². The molecule has 0 aliphatic rings. The minimum atomic E-state index is -0.750. The van der Waals surface area contributed by atoms with E-state index in [0.717, 1.165) is 0 Å². The Hall–Kier alpha value is 1.31. The zero-order valence-electron chi connectivity index (χ0n) is 5.57. The van der Waals surface area contributed by atoms with Crippen LogP contribution in [0.2, 0.25) is 0 Å². The Labute approximate surface area is 82.0 Å². The van der Waals surface area contributed by atoms with Gasteiger partial charge in [0.2, 0.25) is 0 Å². The summed E-state index contributed by atoms with van der Waals surface area (Å²) in [5.74, 6) is 0. The predicted molar refractivity (Wildman–Crippen MR) is 51.3 cm³/mol. The van der Waals surface area contributed by atoms with Gasteiger partial charge in [-0.05, 0) is 21.1 Å². The lowest BCUT2D eigenvalue weighted by atomic mass is 11.0. The molecule has 9 heavy (non-hydrogen) atoms. The van der Waals surface area contributed by atoms with E-state index < -0.39 is 4.30 Å². The minimum Gasteiger partial charge on any atom is -0.312 e. The number of halogens is 4. The van der Waals surface area contributed by atoms with Gasteiger partial charge in [-0.15, -0.1) is 17.0 Å². The van der Waals surface area contributed by atoms with Gasteiger partial charge < -0.3 is 4.90 Å². The SMILES string of the molecule is Br.CN(C)C.ClC(Cl)Cl. The summed E-state index contributed by atoms with van der Waals surface area (Å²) >= 11 is 14.4. The molecule has 0 heterocycles. The molecule has 0 fully saturated rings. The summed E-state index contributed by atoms with van der Waals surface area (Å²) in [6.45, 7) is 0. The van der Waals surface area contributed by atoms with Crippen LogP contribution in [-0.2, 0) is 0 Å². The van der Waals surface area contributed by atoms with Crippen LogP contribution in [0.3, 0.4) is 0 Å². The van der Waals surface area contributed by atoms with Gasteiger partial charge in [-0.1, -0.05) is 34.8 Å². The average molecular weight is 259 g/mol. The van der Waals surface area contributed by atoms with Crippen molar-refractivity contribution >= 4 is 51.8 Å². The predicted octanol–water partition coefficient (Wildman–Crippen LogP) is 2.74. The maximum absolute atomic E-state index is 4.81. The molecule has 0 saturated carbocycles. The summed E-state index contributed by atoms with van der Waals surface area (Å²) in [4.78, 5) is 2.00. The van der Waals surface area contributed by atoms with Crippen molar-refractivity contribution in [1.29, 1.82) is 0 Å². The van der Waals surface area contributed by atoms with Gasteiger partial charge in [0.15, 0.2) is 4.30 Å². The topological polar surface area (TPSA) is 3.24 Å². The van der Waals surface area contributed by atoms with E-state index in [1.165, 1.54) is 0 Å². The summed E-state index contributed by atoms with van der Waals surface area (Å²) in [6.07, 6.45) is 0. The number of hydrogen-bond acceptors (Lipinski definition) is 1. The smallest absolute Gasteiger partial charge is 0.180 e. The van der Waals surface area contributed by atoms with Gasteiger partial charge in [0, 0.05) is 0 Å². The standard InChI is InChI=1S/C3H9N.CHCl3.BrH/c1-4(2)3;2-1(3)4;/h1-3H3;1H;1H. The Morgan fingerprint density at radius 3 is 1.00 bits per heavy atom. The molecule has 0 saturated heterocycles. The molecule has 0 radical (unpaired) electrons. The van der Waals surface area contributed by atoms with Crippen LogP contribution in [0, 0.1) is 0 Å². The summed E-state index contributed by atoms with van der Waals surface area (Å²) in [5.41, 5.74) is 0. The van der Waals surface area contributed by atoms with Crippen LogP contribution >= 0.6 is 51.8 Å². The van der Waals surface area contributed by atoms with Crippen LogP contribution in [0.1, 0.15) is 0 Å². The first-order valence-electron chi connectivity index (χ1n) is 2.00. The maximum atomic E-state index is 4.81. The van der Waals surface area contributed by atoms with Crippen molar-refractivity contribution < 1.29 is 0 Å². The van der Waals surface area contributed by atoms with E-state index in [2.05, 4.69) is 0 Å². The molecule has 0 atom stereocenters. The fraction of sp³-hybridized carbons (Fsp3) is 1.00. The lowest BCUT2D eigenvalue weighted by Gasteiger charge is -1.90. The fourth-order valence-corrected chi connectivity index (χ4v) is 0.